The van der Waals surface area contributed by atoms with Crippen molar-refractivity contribution in [3.63, 3.8) is 0 Å². The predicted molar refractivity (Wildman–Crippen MR) is 70.6 cm³/mol. The van der Waals surface area contributed by atoms with Crippen LogP contribution in [0.4, 0.5) is 14.5 Å². The minimum Gasteiger partial charge on any atom is -0.376 e. The average molecular weight is 334 g/mol. The molecular weight excluding hydrogens is 325 g/mol. The van der Waals surface area contributed by atoms with Gasteiger partial charge in [0.1, 0.15) is 5.82 Å². The number of halogens is 4. The van der Waals surface area contributed by atoms with Crippen LogP contribution in [-0.2, 0) is 6.54 Å². The summed E-state index contributed by atoms with van der Waals surface area (Å²) in [6, 6.07) is 5.45. The van der Waals surface area contributed by atoms with Crippen molar-refractivity contribution >= 4 is 33.2 Å². The normalized spacial score (nSPS) is 10.4. The molecule has 94 valence electrons. The molecule has 2 nitrogen and oxygen atoms in total. The van der Waals surface area contributed by atoms with Gasteiger partial charge < -0.3 is 5.32 Å². The molecule has 0 fully saturated rings. The monoisotopic (exact) mass is 332 g/mol. The molecule has 1 aromatic heterocycles. The third-order valence-corrected chi connectivity index (χ3v) is 3.01. The van der Waals surface area contributed by atoms with Gasteiger partial charge in [-0.15, -0.1) is 0 Å². The molecule has 1 N–H and O–H groups in total. The zero-order valence-corrected chi connectivity index (χ0v) is 11.4. The van der Waals surface area contributed by atoms with Crippen molar-refractivity contribution in [2.24, 2.45) is 0 Å². The van der Waals surface area contributed by atoms with Gasteiger partial charge in [-0.2, -0.15) is 0 Å². The third-order valence-electron chi connectivity index (χ3n) is 2.24. The Balaban J connectivity index is 2.13. The Morgan fingerprint density at radius 1 is 1.28 bits per heavy atom. The predicted octanol–water partition coefficient (Wildman–Crippen LogP) is 4.39. The number of nitrogens with one attached hydrogen (secondary N) is 1. The van der Waals surface area contributed by atoms with Gasteiger partial charge in [0.15, 0.2) is 5.82 Å². The summed E-state index contributed by atoms with van der Waals surface area (Å²) in [6.07, 6.45) is 1.64. The van der Waals surface area contributed by atoms with Gasteiger partial charge in [0, 0.05) is 16.7 Å². The molecule has 0 radical (unpaired) electrons. The SMILES string of the molecule is Fc1cc(F)c(NCc2ccc(Br)cn2)c(Cl)c1. The molecule has 0 atom stereocenters. The van der Waals surface area contributed by atoms with Crippen LogP contribution in [0, 0.1) is 11.6 Å². The second kappa shape index (κ2) is 5.63. The first kappa shape index (κ1) is 13.2. The van der Waals surface area contributed by atoms with Gasteiger partial charge in [-0.05, 0) is 34.1 Å². The van der Waals surface area contributed by atoms with Gasteiger partial charge in [0.05, 0.1) is 22.9 Å². The van der Waals surface area contributed by atoms with Gasteiger partial charge in [0.2, 0.25) is 0 Å². The molecule has 1 aromatic carbocycles. The van der Waals surface area contributed by atoms with Crippen LogP contribution in [0.2, 0.25) is 5.02 Å². The summed E-state index contributed by atoms with van der Waals surface area (Å²) in [5.41, 5.74) is 0.792. The summed E-state index contributed by atoms with van der Waals surface area (Å²) in [6.45, 7) is 0.301. The largest absolute Gasteiger partial charge is 0.376 e. The van der Waals surface area contributed by atoms with Crippen LogP contribution in [0.5, 0.6) is 0 Å². The van der Waals surface area contributed by atoms with Crippen LogP contribution in [0.25, 0.3) is 0 Å². The minimum absolute atomic E-state index is 0.00427. The number of anilines is 1. The van der Waals surface area contributed by atoms with Gasteiger partial charge in [-0.3, -0.25) is 4.98 Å². The molecule has 2 rings (SSSR count). The van der Waals surface area contributed by atoms with Crippen molar-refractivity contribution in [3.8, 4) is 0 Å². The maximum atomic E-state index is 13.5. The van der Waals surface area contributed by atoms with Gasteiger partial charge in [-0.1, -0.05) is 11.6 Å². The van der Waals surface area contributed by atoms with Gasteiger partial charge in [0.25, 0.3) is 0 Å². The number of pyridine rings is 1. The lowest BCUT2D eigenvalue weighted by Crippen LogP contribution is -2.04. The fraction of sp³-hybridized carbons (Fsp3) is 0.0833. The Labute approximate surface area is 116 Å². The van der Waals surface area contributed by atoms with Crippen molar-refractivity contribution in [2.75, 3.05) is 5.32 Å². The first-order valence-electron chi connectivity index (χ1n) is 5.05. The van der Waals surface area contributed by atoms with E-state index in [1.54, 1.807) is 12.3 Å². The van der Waals surface area contributed by atoms with Gasteiger partial charge in [-0.25, -0.2) is 8.78 Å². The van der Waals surface area contributed by atoms with Crippen molar-refractivity contribution in [3.05, 3.63) is 57.3 Å². The van der Waals surface area contributed by atoms with E-state index in [2.05, 4.69) is 26.2 Å². The fourth-order valence-electron chi connectivity index (χ4n) is 1.40. The second-order valence-electron chi connectivity index (χ2n) is 3.57. The quantitative estimate of drug-likeness (QED) is 0.901. The number of aromatic nitrogens is 1. The maximum absolute atomic E-state index is 13.5. The van der Waals surface area contributed by atoms with Crippen LogP contribution in [0.3, 0.4) is 0 Å². The van der Waals surface area contributed by atoms with E-state index in [9.17, 15) is 8.78 Å². The minimum atomic E-state index is -0.725. The summed E-state index contributed by atoms with van der Waals surface area (Å²) >= 11 is 9.02. The Morgan fingerprint density at radius 2 is 2.06 bits per heavy atom. The summed E-state index contributed by atoms with van der Waals surface area (Å²) in [4.78, 5) is 4.12. The van der Waals surface area contributed by atoms with E-state index in [-0.39, 0.29) is 10.7 Å². The lowest BCUT2D eigenvalue weighted by molar-refractivity contribution is 0.585. The van der Waals surface area contributed by atoms with E-state index >= 15 is 0 Å². The lowest BCUT2D eigenvalue weighted by atomic mass is 10.2. The van der Waals surface area contributed by atoms with Crippen molar-refractivity contribution in [1.82, 2.24) is 4.98 Å². The topological polar surface area (TPSA) is 24.9 Å². The Morgan fingerprint density at radius 3 is 2.67 bits per heavy atom. The highest BCUT2D eigenvalue weighted by Gasteiger charge is 2.09. The van der Waals surface area contributed by atoms with Crippen molar-refractivity contribution in [2.45, 2.75) is 6.54 Å². The van der Waals surface area contributed by atoms with E-state index in [1.807, 2.05) is 6.07 Å². The molecule has 0 spiro atoms. The first-order chi connectivity index (χ1) is 8.56. The molecule has 6 heteroatoms. The maximum Gasteiger partial charge on any atom is 0.150 e. The van der Waals surface area contributed by atoms with E-state index in [1.165, 1.54) is 0 Å². The summed E-state index contributed by atoms with van der Waals surface area (Å²) < 4.78 is 27.2. The lowest BCUT2D eigenvalue weighted by Gasteiger charge is -2.09. The molecule has 2 aromatic rings. The molecule has 0 aliphatic heterocycles. The Bertz CT molecular complexity index is 537. The molecular formula is C12H8BrClF2N2. The molecule has 1 heterocycles. The van der Waals surface area contributed by atoms with E-state index in [0.29, 0.717) is 6.54 Å². The molecule has 0 aliphatic carbocycles. The number of nitrogens with zero attached hydrogens (tertiary/aromatic N) is 1. The molecule has 0 unspecified atom stereocenters. The highest BCUT2D eigenvalue weighted by molar-refractivity contribution is 9.10. The third kappa shape index (κ3) is 3.17. The highest BCUT2D eigenvalue weighted by Crippen LogP contribution is 2.26. The molecule has 18 heavy (non-hydrogen) atoms. The first-order valence-corrected chi connectivity index (χ1v) is 6.22. The van der Waals surface area contributed by atoms with Crippen LogP contribution in [0.1, 0.15) is 5.69 Å². The number of benzene rings is 1. The van der Waals surface area contributed by atoms with Crippen LogP contribution < -0.4 is 5.32 Å². The summed E-state index contributed by atoms with van der Waals surface area (Å²) in [5.74, 6) is -1.43. The van der Waals surface area contributed by atoms with Gasteiger partial charge >= 0.3 is 0 Å². The zero-order chi connectivity index (χ0) is 13.1. The molecule has 0 bridgehead atoms. The number of hydrogen-bond acceptors (Lipinski definition) is 2. The number of hydrogen-bond donors (Lipinski definition) is 1. The average Bonchev–Trinajstić information content (AvgIpc) is 2.30. The van der Waals surface area contributed by atoms with Crippen molar-refractivity contribution < 1.29 is 8.78 Å². The van der Waals surface area contributed by atoms with Crippen LogP contribution >= 0.6 is 27.5 Å². The summed E-state index contributed by atoms with van der Waals surface area (Å²) in [5, 5.41) is 2.80. The highest BCUT2D eigenvalue weighted by atomic mass is 79.9. The fourth-order valence-corrected chi connectivity index (χ4v) is 1.90. The molecule has 0 saturated heterocycles. The summed E-state index contributed by atoms with van der Waals surface area (Å²) in [7, 11) is 0. The van der Waals surface area contributed by atoms with Crippen molar-refractivity contribution in [1.29, 1.82) is 0 Å². The molecule has 0 aliphatic rings. The smallest absolute Gasteiger partial charge is 0.150 e. The second-order valence-corrected chi connectivity index (χ2v) is 4.89. The van der Waals surface area contributed by atoms with E-state index in [0.717, 1.165) is 22.3 Å². The molecule has 0 saturated carbocycles. The molecule has 0 amide bonds. The Kier molecular flexibility index (Phi) is 4.14. The Hall–Kier alpha value is -1.20. The van der Waals surface area contributed by atoms with E-state index in [4.69, 9.17) is 11.6 Å². The van der Waals surface area contributed by atoms with E-state index < -0.39 is 11.6 Å². The van der Waals surface area contributed by atoms with Crippen LogP contribution in [-0.4, -0.2) is 4.98 Å². The van der Waals surface area contributed by atoms with Crippen LogP contribution in [0.15, 0.2) is 34.9 Å². The number of rotatable bonds is 3. The zero-order valence-electron chi connectivity index (χ0n) is 9.05. The standard InChI is InChI=1S/C12H8BrClF2N2/c13-7-1-2-9(17-5-7)6-18-12-10(14)3-8(15)4-11(12)16/h1-5,18H,6H2.